The van der Waals surface area contributed by atoms with Crippen LogP contribution < -0.4 is 14.4 Å². The Morgan fingerprint density at radius 3 is 1.83 bits per heavy atom. The Morgan fingerprint density at radius 1 is 0.861 bits per heavy atom. The Kier molecular flexibility index (Phi) is 9.62. The van der Waals surface area contributed by atoms with Gasteiger partial charge in [-0.3, -0.25) is 0 Å². The number of alkyl halides is 3. The van der Waals surface area contributed by atoms with E-state index in [4.69, 9.17) is 9.47 Å². The summed E-state index contributed by atoms with van der Waals surface area (Å²) in [5, 5.41) is 0. The number of halogens is 5. The smallest absolute Gasteiger partial charge is 0.480 e. The topological polar surface area (TPSA) is 104 Å². The number of allylic oxidation sites excluding steroid dienone is 1. The number of benzene rings is 1. The SMILES string of the molecule is CC(C)Oc1c(F)c(N2CC/C=C\CCCC2)c(F)c(OC(C)C)c1S(=O)(=O)[N-]S(=O)(=O)C(F)(F)F. The van der Waals surface area contributed by atoms with Crippen LogP contribution in [0.3, 0.4) is 0 Å². The first kappa shape index (κ1) is 30.1. The van der Waals surface area contributed by atoms with Gasteiger partial charge in [0.25, 0.3) is 0 Å². The molecule has 0 unspecified atom stereocenters. The molecule has 36 heavy (non-hydrogen) atoms. The lowest BCUT2D eigenvalue weighted by Crippen LogP contribution is -2.29. The number of rotatable bonds is 8. The molecule has 0 aromatic heterocycles. The Bertz CT molecular complexity index is 1150. The van der Waals surface area contributed by atoms with Crippen molar-refractivity contribution in [2.24, 2.45) is 0 Å². The summed E-state index contributed by atoms with van der Waals surface area (Å²) in [6.45, 7) is 5.74. The van der Waals surface area contributed by atoms with Crippen molar-refractivity contribution >= 4 is 25.7 Å². The quantitative estimate of drug-likeness (QED) is 0.309. The maximum Gasteiger partial charge on any atom is 0.480 e. The average molecular weight is 564 g/mol. The van der Waals surface area contributed by atoms with Gasteiger partial charge in [-0.2, -0.15) is 13.2 Å². The van der Waals surface area contributed by atoms with E-state index in [-0.39, 0.29) is 13.1 Å². The van der Waals surface area contributed by atoms with E-state index >= 15 is 8.78 Å². The van der Waals surface area contributed by atoms with Gasteiger partial charge in [0, 0.05) is 13.1 Å². The molecule has 0 saturated heterocycles. The number of hydrogen-bond acceptors (Lipinski definition) is 7. The highest BCUT2D eigenvalue weighted by atomic mass is 32.3. The predicted octanol–water partition coefficient (Wildman–Crippen LogP) is 5.39. The van der Waals surface area contributed by atoms with E-state index in [0.717, 1.165) is 6.42 Å². The molecule has 1 heterocycles. The van der Waals surface area contributed by atoms with Crippen LogP contribution in [0.15, 0.2) is 17.0 Å². The number of sulfonamides is 2. The van der Waals surface area contributed by atoms with Gasteiger partial charge in [-0.1, -0.05) is 12.2 Å². The fourth-order valence-corrected chi connectivity index (χ4v) is 5.80. The molecule has 0 N–H and O–H groups in total. The van der Waals surface area contributed by atoms with Crippen LogP contribution in [0.4, 0.5) is 27.6 Å². The van der Waals surface area contributed by atoms with E-state index in [0.29, 0.717) is 19.3 Å². The Hall–Kier alpha value is -2.13. The molecule has 1 aliphatic rings. The minimum Gasteiger partial charge on any atom is -0.486 e. The minimum absolute atomic E-state index is 0.130. The van der Waals surface area contributed by atoms with Crippen LogP contribution in [0.5, 0.6) is 11.5 Å². The van der Waals surface area contributed by atoms with Crippen molar-refractivity contribution in [2.45, 2.75) is 76.0 Å². The number of hydrogen-bond donors (Lipinski definition) is 0. The van der Waals surface area contributed by atoms with Crippen molar-refractivity contribution in [3.63, 3.8) is 0 Å². The molecule has 0 radical (unpaired) electrons. The lowest BCUT2D eigenvalue weighted by atomic mass is 10.2. The molecule has 0 saturated carbocycles. The molecule has 0 aliphatic carbocycles. The zero-order chi connectivity index (χ0) is 27.5. The second kappa shape index (κ2) is 11.5. The highest BCUT2D eigenvalue weighted by molar-refractivity contribution is 8.12. The van der Waals surface area contributed by atoms with Crippen LogP contribution in [-0.2, 0) is 20.0 Å². The first-order chi connectivity index (χ1) is 16.5. The fourth-order valence-electron chi connectivity index (χ4n) is 3.38. The molecular weight excluding hydrogens is 535 g/mol. The van der Waals surface area contributed by atoms with Gasteiger partial charge in [-0.15, -0.1) is 0 Å². The first-order valence-corrected chi connectivity index (χ1v) is 14.0. The lowest BCUT2D eigenvalue weighted by Gasteiger charge is -2.31. The Labute approximate surface area is 207 Å². The van der Waals surface area contributed by atoms with Crippen molar-refractivity contribution in [1.29, 1.82) is 0 Å². The van der Waals surface area contributed by atoms with Gasteiger partial charge in [0.15, 0.2) is 33.2 Å². The monoisotopic (exact) mass is 563 g/mol. The van der Waals surface area contributed by atoms with Crippen molar-refractivity contribution < 1.29 is 48.3 Å². The number of ether oxygens (including phenoxy) is 2. The maximum absolute atomic E-state index is 15.8. The summed E-state index contributed by atoms with van der Waals surface area (Å²) < 4.78 is 132. The third-order valence-corrected chi connectivity index (χ3v) is 7.82. The number of anilines is 1. The largest absolute Gasteiger partial charge is 0.486 e. The minimum atomic E-state index is -6.60. The third kappa shape index (κ3) is 7.00. The van der Waals surface area contributed by atoms with Gasteiger partial charge in [0.2, 0.25) is 0 Å². The summed E-state index contributed by atoms with van der Waals surface area (Å²) in [4.78, 5) is -0.263. The lowest BCUT2D eigenvalue weighted by molar-refractivity contribution is -0.0425. The van der Waals surface area contributed by atoms with Crippen LogP contribution in [0.2, 0.25) is 0 Å². The fraction of sp³-hybridized carbons (Fsp3) is 0.619. The summed E-state index contributed by atoms with van der Waals surface area (Å²) in [6, 6.07) is 0. The zero-order valence-corrected chi connectivity index (χ0v) is 21.7. The molecule has 0 fully saturated rings. The highest BCUT2D eigenvalue weighted by Crippen LogP contribution is 2.48. The molecule has 1 aliphatic heterocycles. The highest BCUT2D eigenvalue weighted by Gasteiger charge is 2.42. The molecule has 0 atom stereocenters. The van der Waals surface area contributed by atoms with E-state index in [1.165, 1.54) is 32.6 Å². The Balaban J connectivity index is 2.89. The van der Waals surface area contributed by atoms with E-state index in [1.54, 1.807) is 0 Å². The molecular formula is C21H28F5N2O6S2-. The van der Waals surface area contributed by atoms with Crippen molar-refractivity contribution in [3.05, 3.63) is 27.9 Å². The summed E-state index contributed by atoms with van der Waals surface area (Å²) in [5.74, 6) is -5.43. The van der Waals surface area contributed by atoms with Gasteiger partial charge in [0.1, 0.15) is 20.6 Å². The third-order valence-electron chi connectivity index (χ3n) is 4.78. The van der Waals surface area contributed by atoms with Gasteiger partial charge in [-0.25, -0.2) is 25.6 Å². The van der Waals surface area contributed by atoms with Crippen molar-refractivity contribution in [2.75, 3.05) is 18.0 Å². The van der Waals surface area contributed by atoms with Gasteiger partial charge in [-0.05, 0) is 53.4 Å². The molecule has 0 spiro atoms. The molecule has 15 heteroatoms. The van der Waals surface area contributed by atoms with E-state index in [1.807, 2.05) is 16.3 Å². The molecule has 206 valence electrons. The van der Waals surface area contributed by atoms with Crippen molar-refractivity contribution in [1.82, 2.24) is 0 Å². The predicted molar refractivity (Wildman–Crippen MR) is 123 cm³/mol. The van der Waals surface area contributed by atoms with Gasteiger partial charge in [0.05, 0.1) is 12.2 Å². The van der Waals surface area contributed by atoms with E-state index in [2.05, 4.69) is 0 Å². The second-order valence-corrected chi connectivity index (χ2v) is 11.9. The summed E-state index contributed by atoms with van der Waals surface area (Å²) in [7, 11) is -12.5. The molecule has 1 aromatic carbocycles. The van der Waals surface area contributed by atoms with Crippen LogP contribution in [0, 0.1) is 11.6 Å². The standard InChI is InChI=1S/C21H28F5N2O6S2/c1-13(2)33-18-15(22)17(28-11-9-7-5-6-8-10-12-28)16(23)19(34-14(3)4)20(18)35(29,30)27-36(31,32)21(24,25)26/h5,7,13-14H,6,8-12H2,1-4H3/q-1/b7-5-. The molecule has 2 rings (SSSR count). The van der Waals surface area contributed by atoms with Crippen LogP contribution in [0.25, 0.3) is 4.13 Å². The molecule has 0 bridgehead atoms. The Morgan fingerprint density at radius 2 is 1.36 bits per heavy atom. The molecule has 8 nitrogen and oxygen atoms in total. The summed E-state index contributed by atoms with van der Waals surface area (Å²) in [5.41, 5.74) is -6.78. The van der Waals surface area contributed by atoms with E-state index < -0.39 is 71.5 Å². The second-order valence-electron chi connectivity index (χ2n) is 8.51. The maximum atomic E-state index is 15.8. The van der Waals surface area contributed by atoms with Crippen molar-refractivity contribution in [3.8, 4) is 11.5 Å². The summed E-state index contributed by atoms with van der Waals surface area (Å²) in [6.07, 6.45) is 4.26. The van der Waals surface area contributed by atoms with Crippen LogP contribution in [0.1, 0.15) is 53.4 Å². The molecule has 0 amide bonds. The average Bonchev–Trinajstić information content (AvgIpc) is 2.83. The normalized spacial score (nSPS) is 17.0. The van der Waals surface area contributed by atoms with E-state index in [9.17, 15) is 30.0 Å². The van der Waals surface area contributed by atoms with Crippen LogP contribution in [-0.4, -0.2) is 47.6 Å². The number of nitrogens with zero attached hydrogens (tertiary/aromatic N) is 2. The first-order valence-electron chi connectivity index (χ1n) is 11.1. The van der Waals surface area contributed by atoms with Gasteiger partial charge < -0.3 is 18.5 Å². The molecule has 1 aromatic rings. The summed E-state index contributed by atoms with van der Waals surface area (Å²) >= 11 is 0. The zero-order valence-electron chi connectivity index (χ0n) is 20.1. The van der Waals surface area contributed by atoms with Crippen LogP contribution >= 0.6 is 0 Å². The van der Waals surface area contributed by atoms with Gasteiger partial charge >= 0.3 is 5.51 Å².